The van der Waals surface area contributed by atoms with Gasteiger partial charge in [0.15, 0.2) is 0 Å². The minimum atomic E-state index is -0.968. The molecule has 6 aromatic rings. The number of benzene rings is 6. The summed E-state index contributed by atoms with van der Waals surface area (Å²) in [5.41, 5.74) is 20.7. The number of fused-ring (bicyclic) bond motifs is 2. The zero-order valence-electron chi connectivity index (χ0n) is 35.8. The molecule has 8 rings (SSSR count). The van der Waals surface area contributed by atoms with Crippen LogP contribution in [0.15, 0.2) is 169 Å². The molecule has 0 aliphatic heterocycles. The molecular formula is C58H49NO4. The smallest absolute Gasteiger partial charge is 0.328 e. The number of carboxylic acids is 2. The van der Waals surface area contributed by atoms with E-state index in [2.05, 4.69) is 124 Å². The van der Waals surface area contributed by atoms with Crippen LogP contribution in [-0.2, 0) is 22.4 Å². The number of nitrogens with zero attached hydrogens (tertiary/aromatic N) is 1. The molecule has 0 radical (unpaired) electrons. The summed E-state index contributed by atoms with van der Waals surface area (Å²) in [6.45, 7) is 6.50. The van der Waals surface area contributed by atoms with Gasteiger partial charge in [-0.25, -0.2) is 9.59 Å². The second-order valence-electron chi connectivity index (χ2n) is 15.6. The van der Waals surface area contributed by atoms with E-state index >= 15 is 0 Å². The minimum absolute atomic E-state index is 0.666. The van der Waals surface area contributed by atoms with Crippen molar-refractivity contribution in [3.05, 3.63) is 236 Å². The van der Waals surface area contributed by atoms with Crippen LogP contribution < -0.4 is 0 Å². The molecule has 2 N–H and O–H groups in total. The number of hydrogen-bond acceptors (Lipinski definition) is 3. The first kappa shape index (κ1) is 43.3. The van der Waals surface area contributed by atoms with Gasteiger partial charge >= 0.3 is 11.9 Å². The Labute approximate surface area is 370 Å². The van der Waals surface area contributed by atoms with Crippen LogP contribution >= 0.6 is 0 Å². The van der Waals surface area contributed by atoms with Crippen molar-refractivity contribution in [2.24, 2.45) is 0 Å². The fourth-order valence-electron chi connectivity index (χ4n) is 8.60. The maximum Gasteiger partial charge on any atom is 0.328 e. The average molecular weight is 824 g/mol. The lowest BCUT2D eigenvalue weighted by Crippen LogP contribution is -1.99. The molecule has 6 aromatic carbocycles. The fraction of sp³-hybridized carbons (Fsp3) is 0.121. The lowest BCUT2D eigenvalue weighted by atomic mass is 9.85. The number of aliphatic carboxylic acids is 2. The summed E-state index contributed by atoms with van der Waals surface area (Å²) < 4.78 is 0. The Kier molecular flexibility index (Phi) is 13.9. The number of carboxylic acid groups (broad SMARTS) is 2. The summed E-state index contributed by atoms with van der Waals surface area (Å²) >= 11 is 0. The van der Waals surface area contributed by atoms with Crippen molar-refractivity contribution < 1.29 is 19.8 Å². The summed E-state index contributed by atoms with van der Waals surface area (Å²) in [6.07, 6.45) is 13.6. The van der Waals surface area contributed by atoms with E-state index in [0.717, 1.165) is 70.7 Å². The van der Waals surface area contributed by atoms with Crippen molar-refractivity contribution in [3.63, 3.8) is 0 Å². The topological polar surface area (TPSA) is 98.4 Å². The third-order valence-electron chi connectivity index (χ3n) is 11.6. The van der Waals surface area contributed by atoms with Gasteiger partial charge in [0.25, 0.3) is 0 Å². The maximum atomic E-state index is 10.8. The van der Waals surface area contributed by atoms with Crippen molar-refractivity contribution in [2.75, 3.05) is 0 Å². The molecule has 0 saturated heterocycles. The second-order valence-corrected chi connectivity index (χ2v) is 15.6. The van der Waals surface area contributed by atoms with Crippen LogP contribution in [0.3, 0.4) is 0 Å². The summed E-state index contributed by atoms with van der Waals surface area (Å²) in [5, 5.41) is 27.5. The Morgan fingerprint density at radius 1 is 0.556 bits per heavy atom. The number of rotatable bonds is 12. The summed E-state index contributed by atoms with van der Waals surface area (Å²) in [5.74, 6) is -1.91. The zero-order chi connectivity index (χ0) is 44.3. The molecule has 0 bridgehead atoms. The van der Waals surface area contributed by atoms with E-state index in [1.54, 1.807) is 12.2 Å². The first-order chi connectivity index (χ1) is 30.7. The molecule has 0 heterocycles. The fourth-order valence-corrected chi connectivity index (χ4v) is 8.60. The molecule has 5 nitrogen and oxygen atoms in total. The molecule has 0 atom stereocenters. The molecule has 2 aliphatic carbocycles. The van der Waals surface area contributed by atoms with Crippen molar-refractivity contribution in [1.82, 2.24) is 0 Å². The average Bonchev–Trinajstić information content (AvgIpc) is 3.94. The van der Waals surface area contributed by atoms with Gasteiger partial charge in [-0.3, -0.25) is 0 Å². The van der Waals surface area contributed by atoms with Crippen LogP contribution in [-0.4, -0.2) is 22.2 Å². The van der Waals surface area contributed by atoms with Crippen LogP contribution in [0.1, 0.15) is 93.5 Å². The van der Waals surface area contributed by atoms with Gasteiger partial charge in [0.1, 0.15) is 0 Å². The molecular weight excluding hydrogens is 775 g/mol. The summed E-state index contributed by atoms with van der Waals surface area (Å²) in [4.78, 5) is 21.7. The van der Waals surface area contributed by atoms with Crippen LogP contribution in [0.4, 0.5) is 0 Å². The molecule has 5 heteroatoms. The van der Waals surface area contributed by atoms with Crippen LogP contribution in [0, 0.1) is 18.3 Å². The molecule has 63 heavy (non-hydrogen) atoms. The standard InChI is InChI=1S/C29H23NO2.C29H26O2/c1-2-26(27-10-6-5-9-24(27)19-30)29(25-17-22-7-3-4-8-23(22)18-25)21-14-11-20(12-15-21)13-16-28(31)32;1-3-26(27-11-7-4-8-20(27)2)29(25-18-23-9-5-6-10-24(23)19-25)22-15-12-21(13-16-22)14-17-28(30)31/h3-17H,2,18H2,1H3,(H,31,32);4-18H,3,19H2,1-2H3,(H,30,31)/b16-13+,29-26+;17-14+,29-26+. The highest BCUT2D eigenvalue weighted by atomic mass is 16.4. The predicted octanol–water partition coefficient (Wildman–Crippen LogP) is 13.7. The Hall–Kier alpha value is -7.81. The molecule has 0 aromatic heterocycles. The maximum absolute atomic E-state index is 10.8. The van der Waals surface area contributed by atoms with Crippen molar-refractivity contribution >= 4 is 58.5 Å². The minimum Gasteiger partial charge on any atom is -0.478 e. The Morgan fingerprint density at radius 3 is 1.40 bits per heavy atom. The van der Waals surface area contributed by atoms with Gasteiger partial charge in [-0.2, -0.15) is 5.26 Å². The second kappa shape index (κ2) is 20.2. The first-order valence-corrected chi connectivity index (χ1v) is 21.3. The van der Waals surface area contributed by atoms with Gasteiger partial charge in [-0.15, -0.1) is 0 Å². The zero-order valence-corrected chi connectivity index (χ0v) is 35.8. The van der Waals surface area contributed by atoms with Gasteiger partial charge in [0.05, 0.1) is 11.6 Å². The van der Waals surface area contributed by atoms with E-state index in [9.17, 15) is 14.9 Å². The van der Waals surface area contributed by atoms with Crippen LogP contribution in [0.2, 0.25) is 0 Å². The largest absolute Gasteiger partial charge is 0.478 e. The molecule has 2 aliphatic rings. The van der Waals surface area contributed by atoms with Gasteiger partial charge in [-0.1, -0.05) is 166 Å². The number of aryl methyl sites for hydroxylation is 1. The number of carbonyl (C=O) groups is 2. The van der Waals surface area contributed by atoms with E-state index in [1.165, 1.54) is 61.7 Å². The highest BCUT2D eigenvalue weighted by Crippen LogP contribution is 2.42. The number of nitriles is 1. The van der Waals surface area contributed by atoms with E-state index in [4.69, 9.17) is 10.2 Å². The lowest BCUT2D eigenvalue weighted by molar-refractivity contribution is -0.132. The highest BCUT2D eigenvalue weighted by molar-refractivity contribution is 6.04. The monoisotopic (exact) mass is 823 g/mol. The SMILES string of the molecule is CC/C(=C(\C1=Cc2ccccc2C1)c1ccc(/C=C/C(=O)O)cc1)c1ccccc1C.CC/C(=C(\C1=Cc2ccccc2C1)c1ccc(/C=C/C(=O)O)cc1)c1ccccc1C#N. The van der Waals surface area contributed by atoms with E-state index in [0.29, 0.717) is 5.56 Å². The Balaban J connectivity index is 0.000000189. The quantitative estimate of drug-likeness (QED) is 0.0946. The molecule has 0 unspecified atom stereocenters. The molecule has 0 amide bonds. The van der Waals surface area contributed by atoms with E-state index in [1.807, 2.05) is 60.7 Å². The molecule has 0 saturated carbocycles. The first-order valence-electron chi connectivity index (χ1n) is 21.3. The Morgan fingerprint density at radius 2 is 0.968 bits per heavy atom. The van der Waals surface area contributed by atoms with Crippen LogP contribution in [0.25, 0.3) is 46.6 Å². The van der Waals surface area contributed by atoms with Crippen LogP contribution in [0.5, 0.6) is 0 Å². The lowest BCUT2D eigenvalue weighted by Gasteiger charge is -2.19. The van der Waals surface area contributed by atoms with Gasteiger partial charge < -0.3 is 10.2 Å². The molecule has 0 fully saturated rings. The van der Waals surface area contributed by atoms with Crippen molar-refractivity contribution in [1.29, 1.82) is 5.26 Å². The predicted molar refractivity (Wildman–Crippen MR) is 259 cm³/mol. The third-order valence-corrected chi connectivity index (χ3v) is 11.6. The normalized spacial score (nSPS) is 13.5. The number of hydrogen-bond donors (Lipinski definition) is 2. The third kappa shape index (κ3) is 10.2. The Bertz CT molecular complexity index is 2910. The number of allylic oxidation sites excluding steroid dienone is 6. The van der Waals surface area contributed by atoms with Gasteiger partial charge in [-0.05, 0) is 145 Å². The highest BCUT2D eigenvalue weighted by Gasteiger charge is 2.23. The van der Waals surface area contributed by atoms with Gasteiger partial charge in [0, 0.05) is 12.2 Å². The summed E-state index contributed by atoms with van der Waals surface area (Å²) in [6, 6.07) is 51.8. The van der Waals surface area contributed by atoms with Crippen molar-refractivity contribution in [2.45, 2.75) is 46.5 Å². The van der Waals surface area contributed by atoms with E-state index < -0.39 is 11.9 Å². The summed E-state index contributed by atoms with van der Waals surface area (Å²) in [7, 11) is 0. The van der Waals surface area contributed by atoms with Gasteiger partial charge in [0.2, 0.25) is 0 Å². The molecule has 0 spiro atoms. The van der Waals surface area contributed by atoms with Crippen molar-refractivity contribution in [3.8, 4) is 6.07 Å². The molecule has 310 valence electrons. The van der Waals surface area contributed by atoms with E-state index in [-0.39, 0.29) is 0 Å².